The summed E-state index contributed by atoms with van der Waals surface area (Å²) in [4.78, 5) is 11.4. The van der Waals surface area contributed by atoms with Gasteiger partial charge in [0, 0.05) is 6.04 Å². The smallest absolute Gasteiger partial charge is 0.258 e. The third-order valence-corrected chi connectivity index (χ3v) is 2.24. The highest BCUT2D eigenvalue weighted by atomic mass is 19.1. The Kier molecular flexibility index (Phi) is 5.58. The molecule has 0 fully saturated rings. The molecule has 4 nitrogen and oxygen atoms in total. The zero-order valence-corrected chi connectivity index (χ0v) is 10.7. The molecule has 0 unspecified atom stereocenters. The number of hydrogen-bond acceptors (Lipinski definition) is 3. The SMILES string of the molecule is CC(C)NC(=O)COc1ccc(F)cc1CCN. The number of nitrogens with one attached hydrogen (secondary N) is 1. The van der Waals surface area contributed by atoms with Crippen LogP contribution in [0, 0.1) is 5.82 Å². The molecule has 0 saturated heterocycles. The molecule has 1 amide bonds. The summed E-state index contributed by atoms with van der Waals surface area (Å²) in [5.74, 6) is -0.0359. The van der Waals surface area contributed by atoms with Gasteiger partial charge in [-0.2, -0.15) is 0 Å². The van der Waals surface area contributed by atoms with Gasteiger partial charge >= 0.3 is 0 Å². The normalized spacial score (nSPS) is 10.5. The minimum atomic E-state index is -0.336. The average Bonchev–Trinajstić information content (AvgIpc) is 2.27. The maximum atomic E-state index is 13.1. The van der Waals surface area contributed by atoms with E-state index in [-0.39, 0.29) is 24.4 Å². The fraction of sp³-hybridized carbons (Fsp3) is 0.462. The first-order valence-corrected chi connectivity index (χ1v) is 5.93. The maximum absolute atomic E-state index is 13.1. The molecule has 0 aliphatic rings. The van der Waals surface area contributed by atoms with Gasteiger partial charge in [-0.25, -0.2) is 4.39 Å². The predicted octanol–water partition coefficient (Wildman–Crippen LogP) is 1.23. The number of ether oxygens (including phenoxy) is 1. The number of amides is 1. The molecule has 3 N–H and O–H groups in total. The molecule has 1 rings (SSSR count). The van der Waals surface area contributed by atoms with Gasteiger partial charge in [0.25, 0.3) is 5.91 Å². The second-order valence-corrected chi connectivity index (χ2v) is 4.30. The number of benzene rings is 1. The van der Waals surface area contributed by atoms with Crippen LogP contribution in [0.15, 0.2) is 18.2 Å². The van der Waals surface area contributed by atoms with Crippen LogP contribution in [-0.4, -0.2) is 25.1 Å². The second-order valence-electron chi connectivity index (χ2n) is 4.30. The van der Waals surface area contributed by atoms with E-state index in [1.807, 2.05) is 13.8 Å². The quantitative estimate of drug-likeness (QED) is 0.802. The van der Waals surface area contributed by atoms with Crippen LogP contribution in [0.3, 0.4) is 0 Å². The monoisotopic (exact) mass is 254 g/mol. The van der Waals surface area contributed by atoms with Crippen molar-refractivity contribution in [3.8, 4) is 5.75 Å². The van der Waals surface area contributed by atoms with Gasteiger partial charge in [-0.15, -0.1) is 0 Å². The molecule has 18 heavy (non-hydrogen) atoms. The Hall–Kier alpha value is -1.62. The number of hydrogen-bond donors (Lipinski definition) is 2. The molecule has 0 spiro atoms. The van der Waals surface area contributed by atoms with Crippen LogP contribution in [0.4, 0.5) is 4.39 Å². The van der Waals surface area contributed by atoms with Crippen molar-refractivity contribution in [3.63, 3.8) is 0 Å². The topological polar surface area (TPSA) is 64.3 Å². The molecule has 0 radical (unpaired) electrons. The van der Waals surface area contributed by atoms with E-state index in [4.69, 9.17) is 10.5 Å². The summed E-state index contributed by atoms with van der Waals surface area (Å²) in [5, 5.41) is 2.71. The third-order valence-electron chi connectivity index (χ3n) is 2.24. The lowest BCUT2D eigenvalue weighted by Gasteiger charge is -2.12. The Bertz CT molecular complexity index is 408. The Labute approximate surface area is 106 Å². The lowest BCUT2D eigenvalue weighted by Crippen LogP contribution is -2.34. The summed E-state index contributed by atoms with van der Waals surface area (Å²) in [6, 6.07) is 4.26. The van der Waals surface area contributed by atoms with Crippen LogP contribution in [-0.2, 0) is 11.2 Å². The summed E-state index contributed by atoms with van der Waals surface area (Å²) < 4.78 is 18.4. The summed E-state index contributed by atoms with van der Waals surface area (Å²) in [7, 11) is 0. The highest BCUT2D eigenvalue weighted by Gasteiger charge is 2.08. The number of halogens is 1. The molecule has 0 aliphatic heterocycles. The zero-order valence-electron chi connectivity index (χ0n) is 10.7. The van der Waals surface area contributed by atoms with E-state index in [1.165, 1.54) is 18.2 Å². The molecular weight excluding hydrogens is 235 g/mol. The van der Waals surface area contributed by atoms with E-state index < -0.39 is 0 Å². The average molecular weight is 254 g/mol. The lowest BCUT2D eigenvalue weighted by molar-refractivity contribution is -0.123. The van der Waals surface area contributed by atoms with E-state index in [1.54, 1.807) is 0 Å². The molecule has 0 saturated carbocycles. The Morgan fingerprint density at radius 1 is 1.50 bits per heavy atom. The molecule has 1 aromatic carbocycles. The van der Waals surface area contributed by atoms with Crippen LogP contribution in [0.2, 0.25) is 0 Å². The Morgan fingerprint density at radius 3 is 2.83 bits per heavy atom. The minimum absolute atomic E-state index is 0.0674. The van der Waals surface area contributed by atoms with E-state index in [0.717, 1.165) is 0 Å². The van der Waals surface area contributed by atoms with Crippen molar-refractivity contribution in [2.45, 2.75) is 26.3 Å². The van der Waals surface area contributed by atoms with Crippen molar-refractivity contribution >= 4 is 5.91 Å². The van der Waals surface area contributed by atoms with Crippen LogP contribution >= 0.6 is 0 Å². The van der Waals surface area contributed by atoms with Gasteiger partial charge in [0.05, 0.1) is 0 Å². The summed E-state index contributed by atoms with van der Waals surface area (Å²) in [6.07, 6.45) is 0.513. The molecular formula is C13H19FN2O2. The molecule has 0 atom stereocenters. The lowest BCUT2D eigenvalue weighted by atomic mass is 10.1. The van der Waals surface area contributed by atoms with Gasteiger partial charge in [0.15, 0.2) is 6.61 Å². The van der Waals surface area contributed by atoms with Gasteiger partial charge in [-0.05, 0) is 50.6 Å². The van der Waals surface area contributed by atoms with Crippen molar-refractivity contribution in [3.05, 3.63) is 29.6 Å². The standard InChI is InChI=1S/C13H19FN2O2/c1-9(2)16-13(17)8-18-12-4-3-11(14)7-10(12)5-6-15/h3-4,7,9H,5-6,8,15H2,1-2H3,(H,16,17). The first kappa shape index (κ1) is 14.4. The Balaban J connectivity index is 2.63. The van der Waals surface area contributed by atoms with E-state index in [2.05, 4.69) is 5.32 Å². The van der Waals surface area contributed by atoms with Crippen LogP contribution in [0.5, 0.6) is 5.75 Å². The molecule has 0 aromatic heterocycles. The van der Waals surface area contributed by atoms with Crippen LogP contribution in [0.1, 0.15) is 19.4 Å². The first-order valence-electron chi connectivity index (χ1n) is 5.93. The maximum Gasteiger partial charge on any atom is 0.258 e. The fourth-order valence-corrected chi connectivity index (χ4v) is 1.55. The van der Waals surface area contributed by atoms with Crippen LogP contribution < -0.4 is 15.8 Å². The molecule has 0 bridgehead atoms. The third kappa shape index (κ3) is 4.71. The largest absolute Gasteiger partial charge is 0.483 e. The van der Waals surface area contributed by atoms with Crippen molar-refractivity contribution in [1.82, 2.24) is 5.32 Å². The highest BCUT2D eigenvalue weighted by molar-refractivity contribution is 5.77. The van der Waals surface area contributed by atoms with E-state index >= 15 is 0 Å². The first-order chi connectivity index (χ1) is 8.52. The number of carbonyl (C=O) groups excluding carboxylic acids is 1. The van der Waals surface area contributed by atoms with Crippen molar-refractivity contribution in [2.75, 3.05) is 13.2 Å². The number of nitrogens with two attached hydrogens (primary N) is 1. The number of rotatable bonds is 6. The second kappa shape index (κ2) is 6.96. The molecule has 0 heterocycles. The fourth-order valence-electron chi connectivity index (χ4n) is 1.55. The van der Waals surface area contributed by atoms with Gasteiger partial charge < -0.3 is 15.8 Å². The highest BCUT2D eigenvalue weighted by Crippen LogP contribution is 2.19. The molecule has 1 aromatic rings. The van der Waals surface area contributed by atoms with Gasteiger partial charge in [-0.1, -0.05) is 0 Å². The molecule has 100 valence electrons. The van der Waals surface area contributed by atoms with Crippen LogP contribution in [0.25, 0.3) is 0 Å². The van der Waals surface area contributed by atoms with E-state index in [0.29, 0.717) is 24.3 Å². The number of carbonyl (C=O) groups is 1. The predicted molar refractivity (Wildman–Crippen MR) is 67.9 cm³/mol. The molecule has 0 aliphatic carbocycles. The summed E-state index contributed by atoms with van der Waals surface area (Å²) >= 11 is 0. The summed E-state index contributed by atoms with van der Waals surface area (Å²) in [6.45, 7) is 4.06. The minimum Gasteiger partial charge on any atom is -0.483 e. The van der Waals surface area contributed by atoms with Crippen molar-refractivity contribution in [1.29, 1.82) is 0 Å². The van der Waals surface area contributed by atoms with Crippen molar-refractivity contribution in [2.24, 2.45) is 5.73 Å². The van der Waals surface area contributed by atoms with E-state index in [9.17, 15) is 9.18 Å². The van der Waals surface area contributed by atoms with Crippen molar-refractivity contribution < 1.29 is 13.9 Å². The Morgan fingerprint density at radius 2 is 2.22 bits per heavy atom. The molecule has 5 heteroatoms. The zero-order chi connectivity index (χ0) is 13.5. The van der Waals surface area contributed by atoms with Gasteiger partial charge in [0.2, 0.25) is 0 Å². The van der Waals surface area contributed by atoms with Gasteiger partial charge in [0.1, 0.15) is 11.6 Å². The van der Waals surface area contributed by atoms with Gasteiger partial charge in [-0.3, -0.25) is 4.79 Å². The summed E-state index contributed by atoms with van der Waals surface area (Å²) in [5.41, 5.74) is 6.12.